The normalized spacial score (nSPS) is 21.3. The zero-order valence-electron chi connectivity index (χ0n) is 13.4. The molecule has 132 valence electrons. The van der Waals surface area contributed by atoms with Gasteiger partial charge in [-0.15, -0.1) is 0 Å². The van der Waals surface area contributed by atoms with Gasteiger partial charge in [-0.05, 0) is 25.0 Å². The van der Waals surface area contributed by atoms with Crippen LogP contribution in [0.4, 0.5) is 25.1 Å². The average Bonchev–Trinajstić information content (AvgIpc) is 2.58. The highest BCUT2D eigenvalue weighted by Crippen LogP contribution is 2.33. The van der Waals surface area contributed by atoms with Crippen molar-refractivity contribution in [2.24, 2.45) is 0 Å². The Balaban J connectivity index is 1.58. The predicted octanol–water partition coefficient (Wildman–Crippen LogP) is 2.62. The molecule has 1 aliphatic heterocycles. The Labute approximate surface area is 139 Å². The van der Waals surface area contributed by atoms with Crippen LogP contribution in [-0.4, -0.2) is 49.3 Å². The van der Waals surface area contributed by atoms with Crippen LogP contribution in [0.25, 0.3) is 0 Å². The number of amides is 2. The maximum atomic E-state index is 13.2. The molecule has 2 heterocycles. The molecule has 1 aromatic rings. The second-order valence-electron chi connectivity index (χ2n) is 6.20. The maximum absolute atomic E-state index is 13.2. The van der Waals surface area contributed by atoms with Crippen LogP contribution < -0.4 is 15.5 Å². The van der Waals surface area contributed by atoms with Crippen LogP contribution in [0.15, 0.2) is 18.3 Å². The summed E-state index contributed by atoms with van der Waals surface area (Å²) in [5.74, 6) is -1.90. The Morgan fingerprint density at radius 2 is 2.00 bits per heavy atom. The van der Waals surface area contributed by atoms with Crippen molar-refractivity contribution >= 4 is 17.5 Å². The highest BCUT2D eigenvalue weighted by molar-refractivity contribution is 5.92. The fourth-order valence-corrected chi connectivity index (χ4v) is 3.05. The van der Waals surface area contributed by atoms with E-state index in [2.05, 4.69) is 20.5 Å². The lowest BCUT2D eigenvalue weighted by molar-refractivity contribution is -0.0394. The summed E-state index contributed by atoms with van der Waals surface area (Å²) in [5, 5.41) is 5.57. The number of aromatic nitrogens is 1. The smallest absolute Gasteiger partial charge is 0.319 e. The molecule has 0 aromatic carbocycles. The number of hydrogen-bond acceptors (Lipinski definition) is 4. The van der Waals surface area contributed by atoms with Crippen LogP contribution in [0.2, 0.25) is 0 Å². The molecule has 24 heavy (non-hydrogen) atoms. The van der Waals surface area contributed by atoms with Crippen molar-refractivity contribution in [3.8, 4) is 0 Å². The minimum absolute atomic E-state index is 0.177. The maximum Gasteiger partial charge on any atom is 0.319 e. The molecule has 1 saturated heterocycles. The van der Waals surface area contributed by atoms with E-state index in [1.807, 2.05) is 0 Å². The topological polar surface area (TPSA) is 66.5 Å². The number of carbonyl (C=O) groups is 1. The second-order valence-corrected chi connectivity index (χ2v) is 6.20. The molecular formula is C16H22F2N4O2. The third-order valence-electron chi connectivity index (χ3n) is 4.40. The summed E-state index contributed by atoms with van der Waals surface area (Å²) >= 11 is 0. The van der Waals surface area contributed by atoms with E-state index in [0.717, 1.165) is 0 Å². The Hall–Kier alpha value is -1.96. The van der Waals surface area contributed by atoms with E-state index in [-0.39, 0.29) is 24.9 Å². The van der Waals surface area contributed by atoms with E-state index >= 15 is 0 Å². The fraction of sp³-hybridized carbons (Fsp3) is 0.625. The summed E-state index contributed by atoms with van der Waals surface area (Å²) in [4.78, 5) is 18.6. The lowest BCUT2D eigenvalue weighted by Gasteiger charge is -2.30. The van der Waals surface area contributed by atoms with Crippen molar-refractivity contribution < 1.29 is 18.3 Å². The van der Waals surface area contributed by atoms with Gasteiger partial charge in [-0.25, -0.2) is 18.6 Å². The van der Waals surface area contributed by atoms with Gasteiger partial charge in [0.1, 0.15) is 0 Å². The van der Waals surface area contributed by atoms with Gasteiger partial charge in [0.2, 0.25) is 5.92 Å². The molecule has 1 saturated carbocycles. The summed E-state index contributed by atoms with van der Waals surface area (Å²) in [6.45, 7) is 2.67. The van der Waals surface area contributed by atoms with Crippen molar-refractivity contribution in [3.05, 3.63) is 18.3 Å². The summed E-state index contributed by atoms with van der Waals surface area (Å²) in [6.07, 6.45) is 1.92. The third kappa shape index (κ3) is 4.31. The third-order valence-corrected chi connectivity index (χ3v) is 4.40. The zero-order chi connectivity index (χ0) is 17.0. The number of carbonyl (C=O) groups excluding carboxylic acids is 1. The first-order valence-electron chi connectivity index (χ1n) is 8.26. The average molecular weight is 340 g/mol. The minimum Gasteiger partial charge on any atom is -0.378 e. The fourth-order valence-electron chi connectivity index (χ4n) is 3.05. The number of morpholine rings is 1. The molecule has 1 aliphatic carbocycles. The molecule has 2 amide bonds. The number of alkyl halides is 2. The van der Waals surface area contributed by atoms with Gasteiger partial charge in [-0.1, -0.05) is 0 Å². The largest absolute Gasteiger partial charge is 0.378 e. The van der Waals surface area contributed by atoms with Crippen LogP contribution in [0, 0.1) is 0 Å². The molecule has 0 unspecified atom stereocenters. The van der Waals surface area contributed by atoms with Gasteiger partial charge in [0.15, 0.2) is 5.82 Å². The van der Waals surface area contributed by atoms with Crippen molar-refractivity contribution in [2.75, 3.05) is 36.5 Å². The van der Waals surface area contributed by atoms with Crippen LogP contribution in [-0.2, 0) is 4.74 Å². The van der Waals surface area contributed by atoms with E-state index in [4.69, 9.17) is 4.74 Å². The van der Waals surface area contributed by atoms with Gasteiger partial charge in [-0.2, -0.15) is 0 Å². The second kappa shape index (κ2) is 7.29. The Morgan fingerprint density at radius 1 is 1.29 bits per heavy atom. The number of urea groups is 1. The minimum atomic E-state index is -2.60. The molecule has 1 aromatic heterocycles. The molecule has 0 radical (unpaired) electrons. The van der Waals surface area contributed by atoms with Crippen molar-refractivity contribution in [2.45, 2.75) is 37.6 Å². The molecule has 0 spiro atoms. The Bertz CT molecular complexity index is 569. The monoisotopic (exact) mass is 340 g/mol. The van der Waals surface area contributed by atoms with Gasteiger partial charge in [0.05, 0.1) is 18.9 Å². The van der Waals surface area contributed by atoms with E-state index in [9.17, 15) is 13.6 Å². The molecule has 3 rings (SSSR count). The zero-order valence-corrected chi connectivity index (χ0v) is 13.4. The quantitative estimate of drug-likeness (QED) is 0.888. The SMILES string of the molecule is O=C(Nc1cccnc1N1CCOCC1)NC1CCC(F)(F)CC1. The first-order valence-corrected chi connectivity index (χ1v) is 8.26. The molecular weight excluding hydrogens is 318 g/mol. The first-order chi connectivity index (χ1) is 11.5. The lowest BCUT2D eigenvalue weighted by atomic mass is 9.92. The first kappa shape index (κ1) is 16.9. The van der Waals surface area contributed by atoms with E-state index < -0.39 is 5.92 Å². The molecule has 0 atom stereocenters. The van der Waals surface area contributed by atoms with Gasteiger partial charge in [0, 0.05) is 38.2 Å². The number of rotatable bonds is 3. The lowest BCUT2D eigenvalue weighted by Crippen LogP contribution is -2.42. The van der Waals surface area contributed by atoms with Gasteiger partial charge in [-0.3, -0.25) is 0 Å². The van der Waals surface area contributed by atoms with E-state index in [1.54, 1.807) is 18.3 Å². The van der Waals surface area contributed by atoms with E-state index in [0.29, 0.717) is 50.7 Å². The van der Waals surface area contributed by atoms with Crippen LogP contribution in [0.3, 0.4) is 0 Å². The van der Waals surface area contributed by atoms with E-state index in [1.165, 1.54) is 0 Å². The number of nitrogens with zero attached hydrogens (tertiary/aromatic N) is 2. The molecule has 2 fully saturated rings. The predicted molar refractivity (Wildman–Crippen MR) is 86.6 cm³/mol. The van der Waals surface area contributed by atoms with Gasteiger partial charge in [0.25, 0.3) is 0 Å². The van der Waals surface area contributed by atoms with Crippen LogP contribution in [0.1, 0.15) is 25.7 Å². The molecule has 2 aliphatic rings. The van der Waals surface area contributed by atoms with Crippen molar-refractivity contribution in [1.29, 1.82) is 0 Å². The van der Waals surface area contributed by atoms with Gasteiger partial charge < -0.3 is 20.3 Å². The highest BCUT2D eigenvalue weighted by atomic mass is 19.3. The number of hydrogen-bond donors (Lipinski definition) is 2. The molecule has 6 nitrogen and oxygen atoms in total. The molecule has 0 bridgehead atoms. The Morgan fingerprint density at radius 3 is 2.71 bits per heavy atom. The Kier molecular flexibility index (Phi) is 5.13. The number of anilines is 2. The van der Waals surface area contributed by atoms with Crippen molar-refractivity contribution in [3.63, 3.8) is 0 Å². The molecule has 8 heteroatoms. The van der Waals surface area contributed by atoms with Crippen molar-refractivity contribution in [1.82, 2.24) is 10.3 Å². The number of halogens is 2. The number of nitrogens with one attached hydrogen (secondary N) is 2. The summed E-state index contributed by atoms with van der Waals surface area (Å²) in [5.41, 5.74) is 0.609. The highest BCUT2D eigenvalue weighted by Gasteiger charge is 2.35. The van der Waals surface area contributed by atoms with Crippen LogP contribution >= 0.6 is 0 Å². The van der Waals surface area contributed by atoms with Gasteiger partial charge >= 0.3 is 6.03 Å². The molecule has 2 N–H and O–H groups in total. The summed E-state index contributed by atoms with van der Waals surface area (Å²) in [6, 6.07) is 2.94. The number of ether oxygens (including phenoxy) is 1. The number of pyridine rings is 1. The standard InChI is InChI=1S/C16H22F2N4O2/c17-16(18)5-3-12(4-6-16)20-15(23)21-13-2-1-7-19-14(13)22-8-10-24-11-9-22/h1-2,7,12H,3-6,8-11H2,(H2,20,21,23). The van der Waals surface area contributed by atoms with Crippen LogP contribution in [0.5, 0.6) is 0 Å². The summed E-state index contributed by atoms with van der Waals surface area (Å²) < 4.78 is 31.7. The summed E-state index contributed by atoms with van der Waals surface area (Å²) in [7, 11) is 0.